The minimum atomic E-state index is -0.568. The van der Waals surface area contributed by atoms with Gasteiger partial charge in [-0.1, -0.05) is 6.92 Å². The molecule has 4 unspecified atom stereocenters. The number of fused-ring (bicyclic) bond motifs is 2. The fourth-order valence-electron chi connectivity index (χ4n) is 4.25. The van der Waals surface area contributed by atoms with Gasteiger partial charge < -0.3 is 19.4 Å². The fourth-order valence-corrected chi connectivity index (χ4v) is 4.25. The van der Waals surface area contributed by atoms with Gasteiger partial charge in [-0.25, -0.2) is 0 Å². The molecule has 4 heterocycles. The number of nitrogens with one attached hydrogen (secondary N) is 2. The molecule has 0 spiro atoms. The number of likely N-dealkylation sites (N-methyl/N-ethyl adjacent to an activating group) is 1. The Morgan fingerprint density at radius 3 is 2.70 bits per heavy atom. The summed E-state index contributed by atoms with van der Waals surface area (Å²) in [6, 6.07) is 1.89. The molecule has 2 aliphatic heterocycles. The summed E-state index contributed by atoms with van der Waals surface area (Å²) in [5.41, 5.74) is 2.54. The van der Waals surface area contributed by atoms with Crippen LogP contribution in [0.2, 0.25) is 0 Å². The van der Waals surface area contributed by atoms with Gasteiger partial charge in [0.25, 0.3) is 0 Å². The molecule has 0 aromatic carbocycles. The van der Waals surface area contributed by atoms with E-state index in [9.17, 15) is 4.79 Å². The third kappa shape index (κ3) is 2.09. The van der Waals surface area contributed by atoms with Gasteiger partial charge in [-0.15, -0.1) is 0 Å². The van der Waals surface area contributed by atoms with E-state index in [-0.39, 0.29) is 23.7 Å². The van der Waals surface area contributed by atoms with Crippen molar-refractivity contribution < 1.29 is 9.47 Å². The van der Waals surface area contributed by atoms with Crippen molar-refractivity contribution in [1.29, 1.82) is 0 Å². The number of likely N-dealkylation sites (tertiary alicyclic amines) is 1. The second-order valence-electron chi connectivity index (χ2n) is 6.99. The molecule has 124 valence electrons. The zero-order valence-electron chi connectivity index (χ0n) is 13.9. The van der Waals surface area contributed by atoms with Crippen molar-refractivity contribution in [2.75, 3.05) is 7.05 Å². The van der Waals surface area contributed by atoms with Gasteiger partial charge in [0.2, 0.25) is 5.43 Å². The number of aromatic nitrogens is 2. The molecule has 2 saturated heterocycles. The van der Waals surface area contributed by atoms with Crippen LogP contribution in [-0.4, -0.2) is 46.0 Å². The maximum atomic E-state index is 12.0. The quantitative estimate of drug-likeness (QED) is 0.890. The Balaban J connectivity index is 1.83. The number of aromatic amines is 2. The van der Waals surface area contributed by atoms with Crippen LogP contribution in [0.5, 0.6) is 0 Å². The van der Waals surface area contributed by atoms with Crippen LogP contribution in [-0.2, 0) is 9.47 Å². The lowest BCUT2D eigenvalue weighted by Crippen LogP contribution is -2.36. The monoisotopic (exact) mass is 317 g/mol. The Kier molecular flexibility index (Phi) is 3.20. The van der Waals surface area contributed by atoms with Crippen LogP contribution >= 0.6 is 0 Å². The second kappa shape index (κ2) is 4.93. The van der Waals surface area contributed by atoms with E-state index >= 15 is 0 Å². The Morgan fingerprint density at radius 2 is 1.96 bits per heavy atom. The molecule has 2 aromatic rings. The van der Waals surface area contributed by atoms with Gasteiger partial charge in [0, 0.05) is 30.1 Å². The highest BCUT2D eigenvalue weighted by Gasteiger charge is 2.56. The number of H-pyrrole nitrogens is 2. The average Bonchev–Trinajstić information content (AvgIpc) is 3.09. The van der Waals surface area contributed by atoms with Crippen LogP contribution in [0.4, 0.5) is 0 Å². The lowest BCUT2D eigenvalue weighted by atomic mass is 10.0. The van der Waals surface area contributed by atoms with Crippen LogP contribution in [0.15, 0.2) is 23.3 Å². The number of hydrogen-bond donors (Lipinski definition) is 2. The van der Waals surface area contributed by atoms with Gasteiger partial charge in [-0.3, -0.25) is 9.69 Å². The molecule has 23 heavy (non-hydrogen) atoms. The number of ether oxygens (including phenoxy) is 2. The highest BCUT2D eigenvalue weighted by Crippen LogP contribution is 2.47. The Bertz CT molecular complexity index is 794. The van der Waals surface area contributed by atoms with Gasteiger partial charge in [0.05, 0.1) is 11.6 Å². The van der Waals surface area contributed by atoms with Crippen LogP contribution in [0.1, 0.15) is 38.8 Å². The highest BCUT2D eigenvalue weighted by molar-refractivity contribution is 5.79. The second-order valence-corrected chi connectivity index (χ2v) is 6.99. The smallest absolute Gasteiger partial charge is 0.205 e. The summed E-state index contributed by atoms with van der Waals surface area (Å²) in [4.78, 5) is 20.7. The molecule has 0 bridgehead atoms. The van der Waals surface area contributed by atoms with Crippen molar-refractivity contribution >= 4 is 11.0 Å². The molecule has 0 amide bonds. The SMILES string of the molecule is CCC1C2OC(C)(C)OC2C(c2c[nH]c3c(=O)cc[nH]c23)N1C. The van der Waals surface area contributed by atoms with Crippen molar-refractivity contribution in [3.63, 3.8) is 0 Å². The third-order valence-electron chi connectivity index (χ3n) is 5.17. The first-order valence-electron chi connectivity index (χ1n) is 8.19. The highest BCUT2D eigenvalue weighted by atomic mass is 16.8. The first-order valence-corrected chi connectivity index (χ1v) is 8.19. The van der Waals surface area contributed by atoms with Crippen LogP contribution in [0.3, 0.4) is 0 Å². The van der Waals surface area contributed by atoms with Crippen molar-refractivity contribution in [1.82, 2.24) is 14.9 Å². The molecule has 4 rings (SSSR count). The van der Waals surface area contributed by atoms with E-state index in [0.29, 0.717) is 11.6 Å². The predicted octanol–water partition coefficient (Wildman–Crippen LogP) is 2.14. The Labute approximate surface area is 134 Å². The minimum absolute atomic E-state index is 0.00170. The molecule has 2 aromatic heterocycles. The molecule has 0 aliphatic carbocycles. The van der Waals surface area contributed by atoms with E-state index < -0.39 is 5.79 Å². The van der Waals surface area contributed by atoms with Crippen molar-refractivity contribution in [2.45, 2.75) is 57.3 Å². The van der Waals surface area contributed by atoms with Gasteiger partial charge >= 0.3 is 0 Å². The minimum Gasteiger partial charge on any atom is -0.359 e. The zero-order valence-corrected chi connectivity index (χ0v) is 13.9. The predicted molar refractivity (Wildman–Crippen MR) is 87.3 cm³/mol. The van der Waals surface area contributed by atoms with Crippen LogP contribution < -0.4 is 5.43 Å². The lowest BCUT2D eigenvalue weighted by molar-refractivity contribution is -0.166. The Hall–Kier alpha value is -1.63. The molecule has 0 radical (unpaired) electrons. The van der Waals surface area contributed by atoms with Crippen LogP contribution in [0, 0.1) is 0 Å². The van der Waals surface area contributed by atoms with Gasteiger partial charge in [-0.2, -0.15) is 0 Å². The summed E-state index contributed by atoms with van der Waals surface area (Å²) >= 11 is 0. The molecule has 0 saturated carbocycles. The summed E-state index contributed by atoms with van der Waals surface area (Å²) in [7, 11) is 2.11. The molecule has 6 heteroatoms. The molecule has 2 fully saturated rings. The summed E-state index contributed by atoms with van der Waals surface area (Å²) in [6.45, 7) is 6.10. The molecule has 2 aliphatic rings. The van der Waals surface area contributed by atoms with E-state index in [2.05, 4.69) is 28.8 Å². The fraction of sp³-hybridized carbons (Fsp3) is 0.588. The number of nitrogens with zero attached hydrogens (tertiary/aromatic N) is 1. The molecule has 2 N–H and O–H groups in total. The maximum Gasteiger partial charge on any atom is 0.205 e. The van der Waals surface area contributed by atoms with E-state index in [0.717, 1.165) is 17.5 Å². The average molecular weight is 317 g/mol. The lowest BCUT2D eigenvalue weighted by Gasteiger charge is -2.30. The van der Waals surface area contributed by atoms with Crippen molar-refractivity contribution in [2.24, 2.45) is 0 Å². The summed E-state index contributed by atoms with van der Waals surface area (Å²) in [5, 5.41) is 0. The van der Waals surface area contributed by atoms with Gasteiger partial charge in [0.15, 0.2) is 5.79 Å². The molecule has 4 atom stereocenters. The number of hydrogen-bond acceptors (Lipinski definition) is 4. The first-order chi connectivity index (χ1) is 10.9. The van der Waals surface area contributed by atoms with Gasteiger partial charge in [0.1, 0.15) is 17.7 Å². The molecular weight excluding hydrogens is 294 g/mol. The molecular formula is C17H23N3O3. The number of pyridine rings is 1. The Morgan fingerprint density at radius 1 is 1.22 bits per heavy atom. The number of rotatable bonds is 2. The van der Waals surface area contributed by atoms with Gasteiger partial charge in [-0.05, 0) is 27.3 Å². The van der Waals surface area contributed by atoms with E-state index in [4.69, 9.17) is 9.47 Å². The van der Waals surface area contributed by atoms with Crippen LogP contribution in [0.25, 0.3) is 11.0 Å². The van der Waals surface area contributed by atoms with E-state index in [1.54, 1.807) is 6.20 Å². The zero-order chi connectivity index (χ0) is 16.4. The largest absolute Gasteiger partial charge is 0.359 e. The summed E-state index contributed by atoms with van der Waals surface area (Å²) in [6.07, 6.45) is 4.62. The van der Waals surface area contributed by atoms with E-state index in [1.165, 1.54) is 6.07 Å². The maximum absolute atomic E-state index is 12.0. The summed E-state index contributed by atoms with van der Waals surface area (Å²) in [5.74, 6) is -0.568. The topological polar surface area (TPSA) is 70.3 Å². The first kappa shape index (κ1) is 14.9. The summed E-state index contributed by atoms with van der Waals surface area (Å²) < 4.78 is 12.4. The third-order valence-corrected chi connectivity index (χ3v) is 5.17. The standard InChI is InChI=1S/C17H23N3O3/c1-5-10-15-16(23-17(2,3)22-15)14(20(10)4)9-8-19-13-11(21)6-7-18-12(9)13/h6-8,10,14-16,19H,5H2,1-4H3,(H,18,21). The van der Waals surface area contributed by atoms with E-state index in [1.807, 2.05) is 20.0 Å². The van der Waals surface area contributed by atoms with Crippen molar-refractivity contribution in [3.8, 4) is 0 Å². The normalized spacial score (nSPS) is 33.4. The molecule has 6 nitrogen and oxygen atoms in total. The van der Waals surface area contributed by atoms with Crippen molar-refractivity contribution in [3.05, 3.63) is 34.2 Å².